The Morgan fingerprint density at radius 2 is 1.65 bits per heavy atom. The van der Waals surface area contributed by atoms with Crippen LogP contribution in [0.3, 0.4) is 0 Å². The summed E-state index contributed by atoms with van der Waals surface area (Å²) in [7, 11) is 0. The van der Waals surface area contributed by atoms with Crippen molar-refractivity contribution in [3.05, 3.63) is 70.8 Å². The molecule has 0 fully saturated rings. The van der Waals surface area contributed by atoms with Gasteiger partial charge in [-0.25, -0.2) is 9.59 Å². The first-order chi connectivity index (χ1) is 14.6. The van der Waals surface area contributed by atoms with Gasteiger partial charge in [-0.2, -0.15) is 0 Å². The van der Waals surface area contributed by atoms with Gasteiger partial charge in [-0.3, -0.25) is 14.5 Å². The Morgan fingerprint density at radius 1 is 1.03 bits per heavy atom. The van der Waals surface area contributed by atoms with Gasteiger partial charge in [-0.15, -0.1) is 0 Å². The van der Waals surface area contributed by atoms with E-state index in [9.17, 15) is 24.3 Å². The van der Waals surface area contributed by atoms with E-state index in [0.29, 0.717) is 16.7 Å². The first-order valence-electron chi connectivity index (χ1n) is 9.85. The van der Waals surface area contributed by atoms with Crippen molar-refractivity contribution in [2.75, 3.05) is 6.54 Å². The second-order valence-corrected chi connectivity index (χ2v) is 8.19. The molecule has 1 heterocycles. The van der Waals surface area contributed by atoms with Gasteiger partial charge in [-0.1, -0.05) is 24.3 Å². The van der Waals surface area contributed by atoms with Crippen LogP contribution >= 0.6 is 0 Å². The Balaban J connectivity index is 1.88. The van der Waals surface area contributed by atoms with E-state index in [2.05, 4.69) is 5.32 Å². The zero-order valence-electron chi connectivity index (χ0n) is 17.5. The van der Waals surface area contributed by atoms with Gasteiger partial charge in [0.05, 0.1) is 22.7 Å². The molecule has 31 heavy (non-hydrogen) atoms. The number of aromatic carboxylic acids is 1. The normalized spacial score (nSPS) is 14.2. The standard InChI is InChI=1S/C23H24N2O6/c1-23(2,3)31-22(30)24-12-11-18(14-7-6-8-15(13-14)21(28)29)25-19(26)16-9-4-5-10-17(16)20(25)27/h4-10,13,18H,11-12H2,1-3H3,(H,24,30)(H,28,29). The molecule has 0 spiro atoms. The van der Waals surface area contributed by atoms with E-state index in [1.807, 2.05) is 0 Å². The number of benzene rings is 2. The zero-order valence-corrected chi connectivity index (χ0v) is 17.5. The highest BCUT2D eigenvalue weighted by Gasteiger charge is 2.40. The summed E-state index contributed by atoms with van der Waals surface area (Å²) in [4.78, 5) is 50.5. The van der Waals surface area contributed by atoms with Gasteiger partial charge in [0.1, 0.15) is 5.60 Å². The molecule has 0 bridgehead atoms. The van der Waals surface area contributed by atoms with Crippen molar-refractivity contribution >= 4 is 23.9 Å². The van der Waals surface area contributed by atoms with Crippen LogP contribution in [0.15, 0.2) is 48.5 Å². The van der Waals surface area contributed by atoms with Gasteiger partial charge in [0.25, 0.3) is 11.8 Å². The quantitative estimate of drug-likeness (QED) is 0.685. The van der Waals surface area contributed by atoms with Crippen molar-refractivity contribution in [3.63, 3.8) is 0 Å². The van der Waals surface area contributed by atoms with Crippen LogP contribution < -0.4 is 5.32 Å². The Morgan fingerprint density at radius 3 is 2.19 bits per heavy atom. The number of nitrogens with zero attached hydrogens (tertiary/aromatic N) is 1. The highest BCUT2D eigenvalue weighted by molar-refractivity contribution is 6.21. The van der Waals surface area contributed by atoms with Gasteiger partial charge in [0.2, 0.25) is 0 Å². The number of carbonyl (C=O) groups is 4. The van der Waals surface area contributed by atoms with Crippen LogP contribution in [0, 0.1) is 0 Å². The van der Waals surface area contributed by atoms with Gasteiger partial charge in [0, 0.05) is 6.54 Å². The molecular weight excluding hydrogens is 400 g/mol. The molecule has 0 aromatic heterocycles. The predicted molar refractivity (Wildman–Crippen MR) is 112 cm³/mol. The number of ether oxygens (including phenoxy) is 1. The topological polar surface area (TPSA) is 113 Å². The van der Waals surface area contributed by atoms with E-state index in [-0.39, 0.29) is 18.5 Å². The van der Waals surface area contributed by atoms with Crippen molar-refractivity contribution in [2.45, 2.75) is 38.8 Å². The van der Waals surface area contributed by atoms with E-state index >= 15 is 0 Å². The molecule has 1 aliphatic rings. The van der Waals surface area contributed by atoms with Crippen molar-refractivity contribution in [3.8, 4) is 0 Å². The zero-order chi connectivity index (χ0) is 22.8. The smallest absolute Gasteiger partial charge is 0.407 e. The molecule has 8 nitrogen and oxygen atoms in total. The fourth-order valence-electron chi connectivity index (χ4n) is 3.44. The molecule has 3 rings (SSSR count). The molecule has 2 aromatic carbocycles. The number of nitrogens with one attached hydrogen (secondary N) is 1. The Labute approximate surface area is 179 Å². The van der Waals surface area contributed by atoms with Gasteiger partial charge < -0.3 is 15.2 Å². The molecular formula is C23H24N2O6. The number of rotatable bonds is 6. The summed E-state index contributed by atoms with van der Waals surface area (Å²) in [6.45, 7) is 5.34. The summed E-state index contributed by atoms with van der Waals surface area (Å²) in [6.07, 6.45) is -0.429. The lowest BCUT2D eigenvalue weighted by Crippen LogP contribution is -2.38. The average molecular weight is 424 g/mol. The highest BCUT2D eigenvalue weighted by atomic mass is 16.6. The van der Waals surface area contributed by atoms with E-state index in [1.165, 1.54) is 12.1 Å². The summed E-state index contributed by atoms with van der Waals surface area (Å²) < 4.78 is 5.22. The number of alkyl carbamates (subject to hydrolysis) is 1. The molecule has 162 valence electrons. The first kappa shape index (κ1) is 22.0. The molecule has 8 heteroatoms. The lowest BCUT2D eigenvalue weighted by Gasteiger charge is -2.27. The summed E-state index contributed by atoms with van der Waals surface area (Å²) in [6, 6.07) is 11.9. The molecule has 0 radical (unpaired) electrons. The summed E-state index contributed by atoms with van der Waals surface area (Å²) in [5.74, 6) is -2.03. The van der Waals surface area contributed by atoms with Crippen LogP contribution in [-0.4, -0.2) is 46.0 Å². The van der Waals surface area contributed by atoms with E-state index in [4.69, 9.17) is 4.74 Å². The number of carbonyl (C=O) groups excluding carboxylic acids is 3. The van der Waals surface area contributed by atoms with Crippen LogP contribution in [0.4, 0.5) is 4.79 Å². The minimum atomic E-state index is -1.12. The first-order valence-corrected chi connectivity index (χ1v) is 9.85. The van der Waals surface area contributed by atoms with Crippen LogP contribution in [0.5, 0.6) is 0 Å². The predicted octanol–water partition coefficient (Wildman–Crippen LogP) is 3.64. The third-order valence-electron chi connectivity index (χ3n) is 4.74. The third-order valence-corrected chi connectivity index (χ3v) is 4.74. The van der Waals surface area contributed by atoms with Gasteiger partial charge >= 0.3 is 12.1 Å². The van der Waals surface area contributed by atoms with Crippen molar-refractivity contribution < 1.29 is 29.0 Å². The van der Waals surface area contributed by atoms with Crippen LogP contribution in [0.2, 0.25) is 0 Å². The maximum absolute atomic E-state index is 13.0. The van der Waals surface area contributed by atoms with Crippen LogP contribution in [0.1, 0.15) is 69.9 Å². The largest absolute Gasteiger partial charge is 0.478 e. The second kappa shape index (κ2) is 8.59. The second-order valence-electron chi connectivity index (χ2n) is 8.19. The number of amides is 3. The van der Waals surface area contributed by atoms with E-state index in [0.717, 1.165) is 4.90 Å². The number of fused-ring (bicyclic) bond motifs is 1. The summed E-state index contributed by atoms with van der Waals surface area (Å²) in [5, 5.41) is 12.0. The molecule has 0 saturated heterocycles. The van der Waals surface area contributed by atoms with Gasteiger partial charge in [0.15, 0.2) is 0 Å². The lowest BCUT2D eigenvalue weighted by molar-refractivity contribution is 0.0516. The fourth-order valence-corrected chi connectivity index (χ4v) is 3.44. The monoisotopic (exact) mass is 424 g/mol. The maximum Gasteiger partial charge on any atom is 0.407 e. The summed E-state index contributed by atoms with van der Waals surface area (Å²) >= 11 is 0. The Hall–Kier alpha value is -3.68. The number of hydrogen-bond donors (Lipinski definition) is 2. The summed E-state index contributed by atoms with van der Waals surface area (Å²) in [5.41, 5.74) is 0.459. The highest BCUT2D eigenvalue weighted by Crippen LogP contribution is 2.33. The molecule has 1 aliphatic heterocycles. The molecule has 1 atom stereocenters. The van der Waals surface area contributed by atoms with Crippen LogP contribution in [-0.2, 0) is 4.74 Å². The van der Waals surface area contributed by atoms with E-state index < -0.39 is 35.5 Å². The lowest BCUT2D eigenvalue weighted by atomic mass is 9.99. The number of imide groups is 1. The number of hydrogen-bond acceptors (Lipinski definition) is 5. The Bertz CT molecular complexity index is 1010. The van der Waals surface area contributed by atoms with Crippen molar-refractivity contribution in [1.29, 1.82) is 0 Å². The van der Waals surface area contributed by atoms with Crippen LogP contribution in [0.25, 0.3) is 0 Å². The van der Waals surface area contributed by atoms with Crippen molar-refractivity contribution in [2.24, 2.45) is 0 Å². The minimum Gasteiger partial charge on any atom is -0.478 e. The molecule has 3 amide bonds. The SMILES string of the molecule is CC(C)(C)OC(=O)NCCC(c1cccc(C(=O)O)c1)N1C(=O)c2ccccc2C1=O. The Kier molecular flexibility index (Phi) is 6.10. The maximum atomic E-state index is 13.0. The number of carboxylic acid groups (broad SMARTS) is 1. The average Bonchev–Trinajstić information content (AvgIpc) is 2.95. The molecule has 2 aromatic rings. The molecule has 0 saturated carbocycles. The molecule has 0 aliphatic carbocycles. The fraction of sp³-hybridized carbons (Fsp3) is 0.304. The van der Waals surface area contributed by atoms with Crippen molar-refractivity contribution in [1.82, 2.24) is 10.2 Å². The molecule has 1 unspecified atom stereocenters. The number of carboxylic acids is 1. The van der Waals surface area contributed by atoms with E-state index in [1.54, 1.807) is 57.2 Å². The minimum absolute atomic E-state index is 0.0409. The third kappa shape index (κ3) is 4.91. The van der Waals surface area contributed by atoms with Gasteiger partial charge in [-0.05, 0) is 57.0 Å². The molecule has 2 N–H and O–H groups in total.